The highest BCUT2D eigenvalue weighted by Crippen LogP contribution is 2.23. The van der Waals surface area contributed by atoms with Gasteiger partial charge in [0.15, 0.2) is 0 Å². The van der Waals surface area contributed by atoms with Gasteiger partial charge in [-0.3, -0.25) is 10.1 Å². The Morgan fingerprint density at radius 2 is 2.47 bits per heavy atom. The molecule has 17 heavy (non-hydrogen) atoms. The van der Waals surface area contributed by atoms with Crippen molar-refractivity contribution in [1.29, 1.82) is 0 Å². The van der Waals surface area contributed by atoms with Gasteiger partial charge in [0.25, 0.3) is 0 Å². The molecule has 5 nitrogen and oxygen atoms in total. The molecule has 2 rings (SSSR count). The maximum absolute atomic E-state index is 10.5. The van der Waals surface area contributed by atoms with Crippen molar-refractivity contribution in [2.24, 2.45) is 5.92 Å². The van der Waals surface area contributed by atoms with Gasteiger partial charge in [-0.1, -0.05) is 11.3 Å². The molecule has 0 radical (unpaired) electrons. The number of nitro groups is 1. The second-order valence-electron chi connectivity index (χ2n) is 4.54. The van der Waals surface area contributed by atoms with Crippen LogP contribution >= 0.6 is 11.3 Å². The molecular formula is C11H17N3O2S. The quantitative estimate of drug-likeness (QED) is 0.642. The first-order valence-corrected chi connectivity index (χ1v) is 6.59. The lowest BCUT2D eigenvalue weighted by molar-refractivity contribution is -0.380. The lowest BCUT2D eigenvalue weighted by Gasteiger charge is -2.10. The van der Waals surface area contributed by atoms with Crippen molar-refractivity contribution in [2.45, 2.75) is 13.0 Å². The first-order valence-electron chi connectivity index (χ1n) is 5.77. The molecule has 0 aliphatic carbocycles. The number of likely N-dealkylation sites (tertiary alicyclic amines) is 1. The largest absolute Gasteiger partial charge is 0.324 e. The summed E-state index contributed by atoms with van der Waals surface area (Å²) in [6.45, 7) is 4.06. The van der Waals surface area contributed by atoms with Crippen LogP contribution in [-0.2, 0) is 6.54 Å². The van der Waals surface area contributed by atoms with E-state index in [1.54, 1.807) is 6.07 Å². The molecule has 1 saturated heterocycles. The minimum absolute atomic E-state index is 0.224. The third kappa shape index (κ3) is 3.49. The van der Waals surface area contributed by atoms with E-state index in [1.165, 1.54) is 24.3 Å². The Bertz CT molecular complexity index is 394. The molecule has 1 unspecified atom stereocenters. The average molecular weight is 255 g/mol. The molecule has 0 spiro atoms. The number of nitrogens with zero attached hydrogens (tertiary/aromatic N) is 2. The van der Waals surface area contributed by atoms with Gasteiger partial charge in [-0.15, -0.1) is 0 Å². The van der Waals surface area contributed by atoms with Gasteiger partial charge in [0.05, 0.1) is 4.92 Å². The molecule has 1 aliphatic heterocycles. The Kier molecular flexibility index (Phi) is 4.09. The molecule has 1 aromatic rings. The van der Waals surface area contributed by atoms with E-state index >= 15 is 0 Å². The van der Waals surface area contributed by atoms with E-state index in [9.17, 15) is 10.1 Å². The smallest absolute Gasteiger partial charge is 0.312 e. The zero-order valence-corrected chi connectivity index (χ0v) is 10.7. The molecule has 6 heteroatoms. The summed E-state index contributed by atoms with van der Waals surface area (Å²) in [5.41, 5.74) is 0. The first-order chi connectivity index (χ1) is 8.15. The number of nitrogens with one attached hydrogen (secondary N) is 1. The van der Waals surface area contributed by atoms with Gasteiger partial charge in [0.2, 0.25) is 0 Å². The van der Waals surface area contributed by atoms with E-state index in [0.29, 0.717) is 0 Å². The number of rotatable bonds is 5. The van der Waals surface area contributed by atoms with Gasteiger partial charge in [-0.25, -0.2) is 0 Å². The molecular weight excluding hydrogens is 238 g/mol. The summed E-state index contributed by atoms with van der Waals surface area (Å²) >= 11 is 1.25. The van der Waals surface area contributed by atoms with Crippen molar-refractivity contribution in [2.75, 3.05) is 26.7 Å². The van der Waals surface area contributed by atoms with Crippen LogP contribution in [0.25, 0.3) is 0 Å². The van der Waals surface area contributed by atoms with Crippen LogP contribution in [0.2, 0.25) is 0 Å². The van der Waals surface area contributed by atoms with E-state index in [0.717, 1.165) is 30.4 Å². The van der Waals surface area contributed by atoms with Crippen molar-refractivity contribution < 1.29 is 4.92 Å². The van der Waals surface area contributed by atoms with E-state index in [2.05, 4.69) is 17.3 Å². The van der Waals surface area contributed by atoms with E-state index in [-0.39, 0.29) is 9.92 Å². The van der Waals surface area contributed by atoms with Gasteiger partial charge in [-0.2, -0.15) is 0 Å². The fourth-order valence-electron chi connectivity index (χ4n) is 2.15. The van der Waals surface area contributed by atoms with Crippen LogP contribution in [0, 0.1) is 16.0 Å². The van der Waals surface area contributed by atoms with Crippen LogP contribution in [0.5, 0.6) is 0 Å². The molecule has 1 N–H and O–H groups in total. The maximum Gasteiger partial charge on any atom is 0.324 e. The minimum atomic E-state index is -0.333. The summed E-state index contributed by atoms with van der Waals surface area (Å²) < 4.78 is 0. The lowest BCUT2D eigenvalue weighted by atomic mass is 10.1. The third-order valence-electron chi connectivity index (χ3n) is 3.05. The predicted molar refractivity (Wildman–Crippen MR) is 68.3 cm³/mol. The van der Waals surface area contributed by atoms with Crippen LogP contribution in [0.15, 0.2) is 12.1 Å². The highest BCUT2D eigenvalue weighted by molar-refractivity contribution is 7.15. The molecule has 2 heterocycles. The zero-order chi connectivity index (χ0) is 12.3. The van der Waals surface area contributed by atoms with Gasteiger partial charge < -0.3 is 10.2 Å². The van der Waals surface area contributed by atoms with Crippen molar-refractivity contribution in [1.82, 2.24) is 10.2 Å². The summed E-state index contributed by atoms with van der Waals surface area (Å²) in [6.07, 6.45) is 1.24. The molecule has 1 aromatic heterocycles. The molecule has 0 saturated carbocycles. The SMILES string of the molecule is CN1CCC(CNCc2ccc([N+](=O)[O-])s2)C1. The molecule has 94 valence electrons. The number of thiophene rings is 1. The molecule has 0 bridgehead atoms. The summed E-state index contributed by atoms with van der Waals surface area (Å²) in [7, 11) is 2.14. The van der Waals surface area contributed by atoms with E-state index in [1.807, 2.05) is 6.07 Å². The Labute approximate surface area is 105 Å². The van der Waals surface area contributed by atoms with Gasteiger partial charge in [-0.05, 0) is 38.5 Å². The molecule has 0 amide bonds. The van der Waals surface area contributed by atoms with Crippen molar-refractivity contribution in [3.05, 3.63) is 27.1 Å². The van der Waals surface area contributed by atoms with E-state index in [4.69, 9.17) is 0 Å². The highest BCUT2D eigenvalue weighted by atomic mass is 32.1. The van der Waals surface area contributed by atoms with Gasteiger partial charge >= 0.3 is 5.00 Å². The first kappa shape index (κ1) is 12.5. The Hall–Kier alpha value is -0.980. The topological polar surface area (TPSA) is 58.4 Å². The summed E-state index contributed by atoms with van der Waals surface area (Å²) in [5.74, 6) is 0.718. The summed E-state index contributed by atoms with van der Waals surface area (Å²) in [6, 6.07) is 3.40. The fourth-order valence-corrected chi connectivity index (χ4v) is 2.94. The van der Waals surface area contributed by atoms with Crippen molar-refractivity contribution in [3.8, 4) is 0 Å². The Morgan fingerprint density at radius 3 is 3.06 bits per heavy atom. The minimum Gasteiger partial charge on any atom is -0.312 e. The second-order valence-corrected chi connectivity index (χ2v) is 5.69. The van der Waals surface area contributed by atoms with Gasteiger partial charge in [0.1, 0.15) is 0 Å². The number of hydrogen-bond donors (Lipinski definition) is 1. The zero-order valence-electron chi connectivity index (χ0n) is 9.89. The molecule has 0 aromatic carbocycles. The standard InChI is InChI=1S/C11H17N3O2S/c1-13-5-4-9(8-13)6-12-7-10-2-3-11(17-10)14(15)16/h2-3,9,12H,4-8H2,1H3. The Balaban J connectivity index is 1.72. The normalized spacial score (nSPS) is 20.9. The molecule has 1 fully saturated rings. The average Bonchev–Trinajstić information content (AvgIpc) is 2.88. The van der Waals surface area contributed by atoms with Crippen molar-refractivity contribution in [3.63, 3.8) is 0 Å². The van der Waals surface area contributed by atoms with Crippen LogP contribution in [0.1, 0.15) is 11.3 Å². The van der Waals surface area contributed by atoms with Crippen LogP contribution in [0.3, 0.4) is 0 Å². The van der Waals surface area contributed by atoms with Crippen LogP contribution in [-0.4, -0.2) is 36.5 Å². The molecule has 1 atom stereocenters. The van der Waals surface area contributed by atoms with Crippen LogP contribution < -0.4 is 5.32 Å². The maximum atomic E-state index is 10.5. The van der Waals surface area contributed by atoms with Crippen LogP contribution in [0.4, 0.5) is 5.00 Å². The van der Waals surface area contributed by atoms with E-state index < -0.39 is 0 Å². The predicted octanol–water partition coefficient (Wildman–Crippen LogP) is 1.70. The fraction of sp³-hybridized carbons (Fsp3) is 0.636. The second kappa shape index (κ2) is 5.57. The molecule has 1 aliphatic rings. The summed E-state index contributed by atoms with van der Waals surface area (Å²) in [4.78, 5) is 13.6. The number of hydrogen-bond acceptors (Lipinski definition) is 5. The lowest BCUT2D eigenvalue weighted by Crippen LogP contribution is -2.24. The van der Waals surface area contributed by atoms with Gasteiger partial charge in [0, 0.05) is 24.0 Å². The third-order valence-corrected chi connectivity index (χ3v) is 4.09. The summed E-state index contributed by atoms with van der Waals surface area (Å²) in [5, 5.41) is 14.1. The van der Waals surface area contributed by atoms with Crippen molar-refractivity contribution >= 4 is 16.3 Å². The highest BCUT2D eigenvalue weighted by Gasteiger charge is 2.18. The monoisotopic (exact) mass is 255 g/mol. The Morgan fingerprint density at radius 1 is 1.65 bits per heavy atom.